The van der Waals surface area contributed by atoms with E-state index in [1.807, 2.05) is 0 Å². The second-order valence-corrected chi connectivity index (χ2v) is 7.13. The van der Waals surface area contributed by atoms with Crippen molar-refractivity contribution < 1.29 is 18.3 Å². The number of sulfone groups is 1. The van der Waals surface area contributed by atoms with E-state index < -0.39 is 15.8 Å². The molecule has 0 atom stereocenters. The largest absolute Gasteiger partial charge is 0.478 e. The van der Waals surface area contributed by atoms with Crippen LogP contribution in [0.4, 0.5) is 5.95 Å². The maximum absolute atomic E-state index is 11.7. The Morgan fingerprint density at radius 2 is 2.17 bits per heavy atom. The highest BCUT2D eigenvalue weighted by atomic mass is 35.5. The summed E-state index contributed by atoms with van der Waals surface area (Å²) in [5.74, 6) is -0.936. The second-order valence-electron chi connectivity index (χ2n) is 4.74. The number of hydrogen-bond donors (Lipinski definition) is 2. The molecule has 1 aromatic heterocycles. The average Bonchev–Trinajstić information content (AvgIpc) is 2.84. The van der Waals surface area contributed by atoms with Crippen LogP contribution >= 0.6 is 11.6 Å². The topological polar surface area (TPSA) is 116 Å². The Bertz CT molecular complexity index is 933. The number of carboxylic acid groups (broad SMARTS) is 1. The summed E-state index contributed by atoms with van der Waals surface area (Å²) < 4.78 is 23.4. The highest BCUT2D eigenvalue weighted by Gasteiger charge is 2.17. The van der Waals surface area contributed by atoms with Crippen LogP contribution in [0, 0.1) is 0 Å². The quantitative estimate of drug-likeness (QED) is 0.481. The summed E-state index contributed by atoms with van der Waals surface area (Å²) in [4.78, 5) is 17.9. The van der Waals surface area contributed by atoms with Crippen molar-refractivity contribution in [3.63, 3.8) is 0 Å². The van der Waals surface area contributed by atoms with Crippen LogP contribution < -0.4 is 5.01 Å². The number of imidazole rings is 1. The van der Waals surface area contributed by atoms with E-state index >= 15 is 0 Å². The zero-order valence-electron chi connectivity index (χ0n) is 12.2. The van der Waals surface area contributed by atoms with E-state index in [1.165, 1.54) is 25.3 Å². The molecule has 2 rings (SSSR count). The smallest absolute Gasteiger partial charge is 0.332 e. The molecular formula is C13H13ClN4O4S. The summed E-state index contributed by atoms with van der Waals surface area (Å²) in [7, 11) is -3.49. The number of hydrazone groups is 1. The van der Waals surface area contributed by atoms with E-state index in [0.717, 1.165) is 11.3 Å². The molecule has 0 radical (unpaired) electrons. The third kappa shape index (κ3) is 3.51. The zero-order valence-corrected chi connectivity index (χ0v) is 13.8. The molecule has 0 spiro atoms. The lowest BCUT2D eigenvalue weighted by atomic mass is 10.3. The minimum atomic E-state index is -3.49. The van der Waals surface area contributed by atoms with Gasteiger partial charge in [-0.1, -0.05) is 11.6 Å². The van der Waals surface area contributed by atoms with Gasteiger partial charge < -0.3 is 10.1 Å². The summed E-state index contributed by atoms with van der Waals surface area (Å²) in [6, 6.07) is 2.76. The third-order valence-electron chi connectivity index (χ3n) is 2.95. The van der Waals surface area contributed by atoms with E-state index in [2.05, 4.69) is 21.8 Å². The zero-order chi connectivity index (χ0) is 17.4. The number of aromatic nitrogens is 2. The van der Waals surface area contributed by atoms with Crippen LogP contribution in [0.1, 0.15) is 6.92 Å². The number of carbonyl (C=O) groups is 1. The average molecular weight is 357 g/mol. The van der Waals surface area contributed by atoms with E-state index in [0.29, 0.717) is 11.0 Å². The van der Waals surface area contributed by atoms with Gasteiger partial charge in [-0.2, -0.15) is 5.10 Å². The lowest BCUT2D eigenvalue weighted by Crippen LogP contribution is -2.11. The fourth-order valence-corrected chi connectivity index (χ4v) is 3.12. The number of nitrogens with one attached hydrogen (secondary N) is 1. The van der Waals surface area contributed by atoms with Crippen LogP contribution in [0.3, 0.4) is 0 Å². The number of aromatic amines is 1. The van der Waals surface area contributed by atoms with Crippen molar-refractivity contribution in [2.45, 2.75) is 11.8 Å². The number of benzene rings is 1. The molecule has 2 N–H and O–H groups in total. The fourth-order valence-electron chi connectivity index (χ4n) is 1.80. The molecule has 0 fully saturated rings. The van der Waals surface area contributed by atoms with Gasteiger partial charge in [0.1, 0.15) is 0 Å². The fraction of sp³-hybridized carbons (Fsp3) is 0.154. The van der Waals surface area contributed by atoms with Crippen LogP contribution in [-0.2, 0) is 14.6 Å². The van der Waals surface area contributed by atoms with Crippen LogP contribution in [0.5, 0.6) is 0 Å². The van der Waals surface area contributed by atoms with Crippen molar-refractivity contribution in [2.75, 3.05) is 11.3 Å². The molecule has 0 amide bonds. The molecule has 122 valence electrons. The first-order valence-electron chi connectivity index (χ1n) is 6.20. The van der Waals surface area contributed by atoms with Crippen molar-refractivity contribution in [1.29, 1.82) is 0 Å². The molecule has 0 aliphatic rings. The number of rotatable bonds is 5. The number of H-pyrrole nitrogens is 1. The van der Waals surface area contributed by atoms with E-state index in [4.69, 9.17) is 16.7 Å². The number of hydrogen-bond acceptors (Lipinski definition) is 6. The van der Waals surface area contributed by atoms with Gasteiger partial charge in [0, 0.05) is 19.2 Å². The SMILES string of the molecule is C=NN(/C=C(\C)C(=O)O)c1nc2cc(Cl)c(S(C)(=O)=O)cc2[nH]1. The molecule has 0 saturated carbocycles. The van der Waals surface area contributed by atoms with E-state index in [9.17, 15) is 13.2 Å². The number of halogens is 1. The highest BCUT2D eigenvalue weighted by Crippen LogP contribution is 2.28. The van der Waals surface area contributed by atoms with Gasteiger partial charge in [0.05, 0.1) is 26.5 Å². The number of carboxylic acids is 1. The van der Waals surface area contributed by atoms with Crippen LogP contribution in [0.15, 0.2) is 33.9 Å². The van der Waals surface area contributed by atoms with Gasteiger partial charge in [0.15, 0.2) is 9.84 Å². The summed E-state index contributed by atoms with van der Waals surface area (Å²) >= 11 is 5.96. The van der Waals surface area contributed by atoms with E-state index in [-0.39, 0.29) is 21.4 Å². The first-order valence-corrected chi connectivity index (χ1v) is 8.47. The summed E-state index contributed by atoms with van der Waals surface area (Å²) in [5, 5.41) is 13.8. The Morgan fingerprint density at radius 1 is 1.52 bits per heavy atom. The number of aliphatic carboxylic acids is 1. The lowest BCUT2D eigenvalue weighted by molar-refractivity contribution is -0.132. The van der Waals surface area contributed by atoms with Gasteiger partial charge in [-0.05, 0) is 19.1 Å². The standard InChI is InChI=1S/C13H13ClN4O4S/c1-7(12(19)20)6-18(15-2)13-16-9-4-8(14)11(23(3,21)22)5-10(9)17-13/h4-6H,2H2,1,3H3,(H,16,17)(H,19,20)/b7-6+. The number of anilines is 1. The summed E-state index contributed by atoms with van der Waals surface area (Å²) in [5.41, 5.74) is 0.847. The van der Waals surface area contributed by atoms with Crippen molar-refractivity contribution >= 4 is 51.1 Å². The molecule has 0 saturated heterocycles. The van der Waals surface area contributed by atoms with Crippen LogP contribution in [-0.4, -0.2) is 42.4 Å². The number of nitrogens with zero attached hydrogens (tertiary/aromatic N) is 3. The van der Waals surface area contributed by atoms with Crippen LogP contribution in [0.2, 0.25) is 5.02 Å². The Hall–Kier alpha value is -2.39. The van der Waals surface area contributed by atoms with E-state index in [1.54, 1.807) is 0 Å². The second kappa shape index (κ2) is 6.01. The van der Waals surface area contributed by atoms with Crippen molar-refractivity contribution in [2.24, 2.45) is 5.10 Å². The Balaban J connectivity index is 2.58. The molecule has 23 heavy (non-hydrogen) atoms. The highest BCUT2D eigenvalue weighted by molar-refractivity contribution is 7.90. The molecule has 0 unspecified atom stereocenters. The van der Waals surface area contributed by atoms with Crippen molar-refractivity contribution in [3.8, 4) is 0 Å². The van der Waals surface area contributed by atoms with Crippen LogP contribution in [0.25, 0.3) is 11.0 Å². The molecule has 10 heteroatoms. The van der Waals surface area contributed by atoms with Gasteiger partial charge in [-0.3, -0.25) is 0 Å². The first-order chi connectivity index (χ1) is 10.6. The minimum absolute atomic E-state index is 0.0210. The predicted octanol–water partition coefficient (Wildman–Crippen LogP) is 2.03. The molecule has 0 bridgehead atoms. The third-order valence-corrected chi connectivity index (χ3v) is 4.51. The Kier molecular flexibility index (Phi) is 4.44. The predicted molar refractivity (Wildman–Crippen MR) is 87.6 cm³/mol. The van der Waals surface area contributed by atoms with Crippen molar-refractivity contribution in [1.82, 2.24) is 9.97 Å². The molecule has 0 aliphatic carbocycles. The van der Waals surface area contributed by atoms with Gasteiger partial charge in [-0.25, -0.2) is 23.2 Å². The molecular weight excluding hydrogens is 344 g/mol. The first kappa shape index (κ1) is 17.0. The maximum Gasteiger partial charge on any atom is 0.332 e. The maximum atomic E-state index is 11.7. The van der Waals surface area contributed by atoms with Gasteiger partial charge >= 0.3 is 5.97 Å². The normalized spacial score (nSPS) is 12.4. The Labute approximate surface area is 137 Å². The summed E-state index contributed by atoms with van der Waals surface area (Å²) in [6.45, 7) is 4.74. The molecule has 1 heterocycles. The molecule has 0 aliphatic heterocycles. The van der Waals surface area contributed by atoms with Gasteiger partial charge in [-0.15, -0.1) is 0 Å². The summed E-state index contributed by atoms with van der Waals surface area (Å²) in [6.07, 6.45) is 2.28. The van der Waals surface area contributed by atoms with Crippen molar-refractivity contribution in [3.05, 3.63) is 28.9 Å². The molecule has 8 nitrogen and oxygen atoms in total. The van der Waals surface area contributed by atoms with Gasteiger partial charge in [0.25, 0.3) is 0 Å². The van der Waals surface area contributed by atoms with Gasteiger partial charge in [0.2, 0.25) is 5.95 Å². The molecule has 1 aromatic carbocycles. The Morgan fingerprint density at radius 3 is 2.70 bits per heavy atom. The molecule has 2 aromatic rings. The minimum Gasteiger partial charge on any atom is -0.478 e. The number of fused-ring (bicyclic) bond motifs is 1. The lowest BCUT2D eigenvalue weighted by Gasteiger charge is -2.09. The monoisotopic (exact) mass is 356 g/mol.